The summed E-state index contributed by atoms with van der Waals surface area (Å²) in [5.41, 5.74) is -0.0880. The molecule has 0 bridgehead atoms. The summed E-state index contributed by atoms with van der Waals surface area (Å²) < 4.78 is 0. The number of aromatic nitrogens is 2. The molecule has 1 N–H and O–H groups in total. The van der Waals surface area contributed by atoms with E-state index in [-0.39, 0.29) is 5.41 Å². The van der Waals surface area contributed by atoms with Crippen molar-refractivity contribution in [1.82, 2.24) is 10.2 Å². The van der Waals surface area contributed by atoms with Gasteiger partial charge in [-0.3, -0.25) is 4.90 Å². The molecule has 0 atom stereocenters. The van der Waals surface area contributed by atoms with Gasteiger partial charge in [0.2, 0.25) is 5.13 Å². The monoisotopic (exact) mass is 215 g/mol. The summed E-state index contributed by atoms with van der Waals surface area (Å²) in [7, 11) is 1.45. The Morgan fingerprint density at radius 3 is 2.36 bits per heavy atom. The van der Waals surface area contributed by atoms with E-state index in [1.807, 2.05) is 20.8 Å². The molecule has 1 heterocycles. The van der Waals surface area contributed by atoms with Crippen molar-refractivity contribution < 1.29 is 9.90 Å². The zero-order chi connectivity index (χ0) is 10.9. The Kier molecular flexibility index (Phi) is 2.75. The highest BCUT2D eigenvalue weighted by molar-refractivity contribution is 7.15. The van der Waals surface area contributed by atoms with Crippen LogP contribution in [0, 0.1) is 0 Å². The Hall–Kier alpha value is -1.17. The van der Waals surface area contributed by atoms with Crippen LogP contribution in [-0.2, 0) is 5.41 Å². The van der Waals surface area contributed by atoms with Crippen LogP contribution in [0.2, 0.25) is 0 Å². The summed E-state index contributed by atoms with van der Waals surface area (Å²) in [6.07, 6.45) is -1.03. The lowest BCUT2D eigenvalue weighted by Crippen LogP contribution is -2.23. The fraction of sp³-hybridized carbons (Fsp3) is 0.625. The van der Waals surface area contributed by atoms with Gasteiger partial charge in [0, 0.05) is 12.5 Å². The van der Waals surface area contributed by atoms with Gasteiger partial charge in [-0.05, 0) is 0 Å². The number of rotatable bonds is 1. The largest absolute Gasteiger partial charge is 0.465 e. The van der Waals surface area contributed by atoms with Gasteiger partial charge in [-0.25, -0.2) is 4.79 Å². The van der Waals surface area contributed by atoms with Gasteiger partial charge in [-0.15, -0.1) is 10.2 Å². The molecule has 1 rings (SSSR count). The predicted octanol–water partition coefficient (Wildman–Crippen LogP) is 1.95. The first-order valence-corrected chi connectivity index (χ1v) is 4.94. The molecule has 0 aliphatic heterocycles. The van der Waals surface area contributed by atoms with E-state index in [2.05, 4.69) is 10.2 Å². The molecule has 0 saturated carbocycles. The molecule has 0 unspecified atom stereocenters. The predicted molar refractivity (Wildman–Crippen MR) is 55.0 cm³/mol. The van der Waals surface area contributed by atoms with E-state index >= 15 is 0 Å². The molecule has 1 aromatic heterocycles. The highest BCUT2D eigenvalue weighted by Gasteiger charge is 2.22. The van der Waals surface area contributed by atoms with Gasteiger partial charge in [0.1, 0.15) is 5.01 Å². The Balaban J connectivity index is 2.94. The minimum Gasteiger partial charge on any atom is -0.465 e. The maximum absolute atomic E-state index is 10.6. The summed E-state index contributed by atoms with van der Waals surface area (Å²) >= 11 is 1.30. The van der Waals surface area contributed by atoms with Crippen molar-refractivity contribution in [1.29, 1.82) is 0 Å². The van der Waals surface area contributed by atoms with Gasteiger partial charge in [-0.1, -0.05) is 32.1 Å². The Labute approximate surface area is 86.4 Å². The van der Waals surface area contributed by atoms with E-state index < -0.39 is 6.09 Å². The lowest BCUT2D eigenvalue weighted by Gasteiger charge is -2.12. The molecule has 6 heteroatoms. The van der Waals surface area contributed by atoms with Crippen LogP contribution in [-0.4, -0.2) is 28.4 Å². The summed E-state index contributed by atoms with van der Waals surface area (Å²) in [5.74, 6) is 0. The number of carboxylic acid groups (broad SMARTS) is 1. The van der Waals surface area contributed by atoms with Gasteiger partial charge < -0.3 is 5.11 Å². The third-order valence-electron chi connectivity index (χ3n) is 1.63. The zero-order valence-corrected chi connectivity index (χ0v) is 9.42. The topological polar surface area (TPSA) is 66.3 Å². The average Bonchev–Trinajstić information content (AvgIpc) is 2.49. The van der Waals surface area contributed by atoms with E-state index in [1.165, 1.54) is 18.4 Å². The first kappa shape index (κ1) is 10.9. The summed E-state index contributed by atoms with van der Waals surface area (Å²) in [6, 6.07) is 0. The normalized spacial score (nSPS) is 11.4. The summed E-state index contributed by atoms with van der Waals surface area (Å²) in [6.45, 7) is 6.04. The molecule has 0 radical (unpaired) electrons. The quantitative estimate of drug-likeness (QED) is 0.777. The first-order valence-electron chi connectivity index (χ1n) is 4.13. The van der Waals surface area contributed by atoms with Crippen LogP contribution in [0.1, 0.15) is 25.8 Å². The standard InChI is InChI=1S/C8H13N3O2S/c1-8(2,3)5-9-10-6(14-5)11(4)7(12)13/h1-4H3,(H,12,13). The highest BCUT2D eigenvalue weighted by atomic mass is 32.1. The van der Waals surface area contributed by atoms with E-state index in [9.17, 15) is 4.79 Å². The van der Waals surface area contributed by atoms with E-state index in [4.69, 9.17) is 5.11 Å². The zero-order valence-electron chi connectivity index (χ0n) is 8.61. The van der Waals surface area contributed by atoms with Crippen LogP contribution in [0.3, 0.4) is 0 Å². The second kappa shape index (κ2) is 3.53. The lowest BCUT2D eigenvalue weighted by atomic mass is 9.98. The molecule has 0 fully saturated rings. The van der Waals surface area contributed by atoms with E-state index in [0.29, 0.717) is 5.13 Å². The molecule has 0 aliphatic carbocycles. The van der Waals surface area contributed by atoms with Crippen LogP contribution in [0.5, 0.6) is 0 Å². The molecule has 0 aliphatic rings. The summed E-state index contributed by atoms with van der Waals surface area (Å²) in [4.78, 5) is 11.7. The second-order valence-corrected chi connectivity index (χ2v) is 4.94. The molecule has 5 nitrogen and oxygen atoms in total. The van der Waals surface area contributed by atoms with Crippen molar-refractivity contribution in [2.24, 2.45) is 0 Å². The number of amides is 1. The van der Waals surface area contributed by atoms with Gasteiger partial charge in [-0.2, -0.15) is 0 Å². The molecule has 1 aromatic rings. The van der Waals surface area contributed by atoms with Crippen LogP contribution in [0.15, 0.2) is 0 Å². The molecule has 78 valence electrons. The van der Waals surface area contributed by atoms with Crippen molar-refractivity contribution in [3.05, 3.63) is 5.01 Å². The van der Waals surface area contributed by atoms with Crippen molar-refractivity contribution in [2.75, 3.05) is 11.9 Å². The molecule has 1 amide bonds. The number of carbonyl (C=O) groups is 1. The Morgan fingerprint density at radius 1 is 1.43 bits per heavy atom. The Bertz CT molecular complexity index is 343. The number of nitrogens with zero attached hydrogens (tertiary/aromatic N) is 3. The molecular weight excluding hydrogens is 202 g/mol. The number of anilines is 1. The molecule has 0 saturated heterocycles. The smallest absolute Gasteiger partial charge is 0.413 e. The average molecular weight is 215 g/mol. The molecule has 14 heavy (non-hydrogen) atoms. The van der Waals surface area contributed by atoms with Crippen molar-refractivity contribution in [2.45, 2.75) is 26.2 Å². The Morgan fingerprint density at radius 2 is 2.00 bits per heavy atom. The first-order chi connectivity index (χ1) is 6.32. The third-order valence-corrected chi connectivity index (χ3v) is 3.06. The molecule has 0 aromatic carbocycles. The maximum atomic E-state index is 10.6. The van der Waals surface area contributed by atoms with E-state index in [1.54, 1.807) is 0 Å². The lowest BCUT2D eigenvalue weighted by molar-refractivity contribution is 0.203. The van der Waals surface area contributed by atoms with E-state index in [0.717, 1.165) is 9.91 Å². The minimum absolute atomic E-state index is 0.0880. The van der Waals surface area contributed by atoms with Crippen LogP contribution >= 0.6 is 11.3 Å². The van der Waals surface area contributed by atoms with Gasteiger partial charge in [0.15, 0.2) is 0 Å². The minimum atomic E-state index is -1.03. The maximum Gasteiger partial charge on any atom is 0.413 e. The molecule has 0 spiro atoms. The fourth-order valence-corrected chi connectivity index (χ4v) is 1.59. The van der Waals surface area contributed by atoms with Gasteiger partial charge in [0.25, 0.3) is 0 Å². The van der Waals surface area contributed by atoms with Gasteiger partial charge >= 0.3 is 6.09 Å². The SMILES string of the molecule is CN(C(=O)O)c1nnc(C(C)(C)C)s1. The second-order valence-electron chi connectivity index (χ2n) is 3.98. The fourth-order valence-electron chi connectivity index (χ4n) is 0.736. The van der Waals surface area contributed by atoms with Crippen molar-refractivity contribution in [3.8, 4) is 0 Å². The third kappa shape index (κ3) is 2.20. The van der Waals surface area contributed by atoms with Crippen molar-refractivity contribution in [3.63, 3.8) is 0 Å². The number of hydrogen-bond acceptors (Lipinski definition) is 4. The van der Waals surface area contributed by atoms with Gasteiger partial charge in [0.05, 0.1) is 0 Å². The highest BCUT2D eigenvalue weighted by Crippen LogP contribution is 2.29. The van der Waals surface area contributed by atoms with Crippen LogP contribution in [0.4, 0.5) is 9.93 Å². The number of hydrogen-bond donors (Lipinski definition) is 1. The summed E-state index contributed by atoms with van der Waals surface area (Å²) in [5, 5.41) is 17.7. The van der Waals surface area contributed by atoms with Crippen LogP contribution < -0.4 is 4.90 Å². The molecular formula is C8H13N3O2S. The van der Waals surface area contributed by atoms with Crippen LogP contribution in [0.25, 0.3) is 0 Å². The van der Waals surface area contributed by atoms with Crippen molar-refractivity contribution >= 4 is 22.6 Å².